The van der Waals surface area contributed by atoms with Crippen molar-refractivity contribution in [3.63, 3.8) is 0 Å². The van der Waals surface area contributed by atoms with E-state index in [9.17, 15) is 13.2 Å². The molecular formula is C19H17N3O3S. The number of para-hydroxylation sites is 1. The fourth-order valence-electron chi connectivity index (χ4n) is 3.97. The summed E-state index contributed by atoms with van der Waals surface area (Å²) in [7, 11) is -2.04. The Morgan fingerprint density at radius 3 is 2.69 bits per heavy atom. The first kappa shape index (κ1) is 16.8. The first-order valence-corrected chi connectivity index (χ1v) is 9.72. The number of hydrogen-bond acceptors (Lipinski definition) is 4. The van der Waals surface area contributed by atoms with Crippen LogP contribution >= 0.6 is 0 Å². The number of hydrogen-bond donors (Lipinski definition) is 0. The first-order valence-electron chi connectivity index (χ1n) is 8.28. The van der Waals surface area contributed by atoms with Gasteiger partial charge in [-0.1, -0.05) is 24.3 Å². The van der Waals surface area contributed by atoms with E-state index in [1.54, 1.807) is 24.1 Å². The molecular weight excluding hydrogens is 350 g/mol. The highest BCUT2D eigenvalue weighted by molar-refractivity contribution is 7.89. The number of nitrogens with zero attached hydrogens (tertiary/aromatic N) is 3. The van der Waals surface area contributed by atoms with Crippen molar-refractivity contribution in [2.24, 2.45) is 0 Å². The Morgan fingerprint density at radius 2 is 1.92 bits per heavy atom. The van der Waals surface area contributed by atoms with E-state index in [4.69, 9.17) is 5.26 Å². The molecule has 1 saturated heterocycles. The van der Waals surface area contributed by atoms with Crippen LogP contribution in [-0.4, -0.2) is 38.8 Å². The van der Waals surface area contributed by atoms with Crippen molar-refractivity contribution in [3.05, 3.63) is 59.7 Å². The van der Waals surface area contributed by atoms with Crippen molar-refractivity contribution in [1.82, 2.24) is 4.31 Å². The van der Waals surface area contributed by atoms with Gasteiger partial charge in [0.1, 0.15) is 0 Å². The van der Waals surface area contributed by atoms with E-state index in [1.807, 2.05) is 30.3 Å². The molecule has 0 aliphatic carbocycles. The van der Waals surface area contributed by atoms with Gasteiger partial charge in [-0.15, -0.1) is 0 Å². The summed E-state index contributed by atoms with van der Waals surface area (Å²) in [6, 6.07) is 15.5. The predicted octanol–water partition coefficient (Wildman–Crippen LogP) is 1.87. The van der Waals surface area contributed by atoms with Crippen LogP contribution in [0.5, 0.6) is 0 Å². The molecule has 132 valence electrons. The number of anilines is 1. The number of fused-ring (bicyclic) bond motifs is 2. The molecule has 2 aliphatic heterocycles. The average molecular weight is 367 g/mol. The molecule has 2 aromatic carbocycles. The molecule has 7 heteroatoms. The second kappa shape index (κ2) is 5.66. The highest BCUT2D eigenvalue weighted by Crippen LogP contribution is 2.47. The van der Waals surface area contributed by atoms with Crippen LogP contribution in [0.1, 0.15) is 17.5 Å². The van der Waals surface area contributed by atoms with Crippen LogP contribution in [0.4, 0.5) is 5.69 Å². The quantitative estimate of drug-likeness (QED) is 0.811. The molecule has 6 nitrogen and oxygen atoms in total. The van der Waals surface area contributed by atoms with Crippen molar-refractivity contribution in [1.29, 1.82) is 5.26 Å². The molecule has 0 saturated carbocycles. The summed E-state index contributed by atoms with van der Waals surface area (Å²) in [4.78, 5) is 14.7. The van der Waals surface area contributed by atoms with Gasteiger partial charge in [0.2, 0.25) is 15.9 Å². The maximum Gasteiger partial charge on any atom is 0.243 e. The molecule has 0 bridgehead atoms. The molecule has 4 rings (SSSR count). The highest BCUT2D eigenvalue weighted by atomic mass is 32.2. The summed E-state index contributed by atoms with van der Waals surface area (Å²) < 4.78 is 27.4. The van der Waals surface area contributed by atoms with E-state index in [0.29, 0.717) is 12.0 Å². The molecule has 0 radical (unpaired) electrons. The summed E-state index contributed by atoms with van der Waals surface area (Å²) in [6.07, 6.45) is 0.449. The second-order valence-corrected chi connectivity index (χ2v) is 8.63. The standard InChI is InChI=1S/C19H17N3O3S/c1-21-17-8-3-2-7-16(17)19(18(21)23)9-10-22(13-19)26(24,25)15-6-4-5-14(11-15)12-20/h2-8,11H,9-10,13H2,1H3/t19-/m0/s1. The third-order valence-electron chi connectivity index (χ3n) is 5.33. The number of nitriles is 1. The summed E-state index contributed by atoms with van der Waals surface area (Å²) >= 11 is 0. The molecule has 26 heavy (non-hydrogen) atoms. The summed E-state index contributed by atoms with van der Waals surface area (Å²) in [6.45, 7) is 0.388. The Bertz CT molecular complexity index is 1060. The Balaban J connectivity index is 1.73. The van der Waals surface area contributed by atoms with Gasteiger partial charge >= 0.3 is 0 Å². The Morgan fingerprint density at radius 1 is 1.15 bits per heavy atom. The van der Waals surface area contributed by atoms with Gasteiger partial charge in [-0.05, 0) is 36.2 Å². The van der Waals surface area contributed by atoms with Crippen LogP contribution in [0.25, 0.3) is 0 Å². The molecule has 1 atom stereocenters. The lowest BCUT2D eigenvalue weighted by molar-refractivity contribution is -0.122. The van der Waals surface area contributed by atoms with Gasteiger partial charge in [0.05, 0.1) is 21.9 Å². The van der Waals surface area contributed by atoms with Crippen LogP contribution < -0.4 is 4.90 Å². The van der Waals surface area contributed by atoms with Crippen molar-refractivity contribution in [3.8, 4) is 6.07 Å². The van der Waals surface area contributed by atoms with Crippen LogP contribution in [0.15, 0.2) is 53.4 Å². The molecule has 0 aromatic heterocycles. The van der Waals surface area contributed by atoms with Gasteiger partial charge in [0, 0.05) is 25.8 Å². The molecule has 1 spiro atoms. The zero-order valence-corrected chi connectivity index (χ0v) is 15.0. The smallest absolute Gasteiger partial charge is 0.243 e. The maximum absolute atomic E-state index is 13.0. The van der Waals surface area contributed by atoms with Crippen LogP contribution in [0.2, 0.25) is 0 Å². The zero-order valence-electron chi connectivity index (χ0n) is 14.2. The normalized spacial score (nSPS) is 22.6. The third kappa shape index (κ3) is 2.19. The lowest BCUT2D eigenvalue weighted by atomic mass is 9.81. The summed E-state index contributed by atoms with van der Waals surface area (Å²) in [5, 5.41) is 9.03. The lowest BCUT2D eigenvalue weighted by Gasteiger charge is -2.23. The molecule has 0 unspecified atom stereocenters. The van der Waals surface area contributed by atoms with Crippen molar-refractivity contribution < 1.29 is 13.2 Å². The monoisotopic (exact) mass is 367 g/mol. The first-order chi connectivity index (χ1) is 12.4. The number of amides is 1. The lowest BCUT2D eigenvalue weighted by Crippen LogP contribution is -2.42. The molecule has 2 heterocycles. The average Bonchev–Trinajstić information content (AvgIpc) is 3.21. The minimum Gasteiger partial charge on any atom is -0.314 e. The number of likely N-dealkylation sites (N-methyl/N-ethyl adjacent to an activating group) is 1. The van der Waals surface area contributed by atoms with Gasteiger partial charge in [-0.3, -0.25) is 4.79 Å². The molecule has 1 amide bonds. The van der Waals surface area contributed by atoms with Gasteiger partial charge in [-0.25, -0.2) is 8.42 Å². The Kier molecular flexibility index (Phi) is 3.65. The Hall–Kier alpha value is -2.69. The van der Waals surface area contributed by atoms with E-state index >= 15 is 0 Å². The third-order valence-corrected chi connectivity index (χ3v) is 7.17. The minimum atomic E-state index is -3.77. The van der Waals surface area contributed by atoms with Gasteiger partial charge in [0.15, 0.2) is 0 Å². The van der Waals surface area contributed by atoms with E-state index in [1.165, 1.54) is 16.4 Å². The largest absolute Gasteiger partial charge is 0.314 e. The SMILES string of the molecule is CN1C(=O)[C@]2(CCN(S(=O)(=O)c3cccc(C#N)c3)C2)c2ccccc21. The van der Waals surface area contributed by atoms with Crippen molar-refractivity contribution >= 4 is 21.6 Å². The Labute approximate surface area is 152 Å². The number of benzene rings is 2. The molecule has 2 aliphatic rings. The van der Waals surface area contributed by atoms with Crippen molar-refractivity contribution in [2.75, 3.05) is 25.0 Å². The second-order valence-electron chi connectivity index (χ2n) is 6.69. The van der Waals surface area contributed by atoms with Crippen LogP contribution in [0, 0.1) is 11.3 Å². The zero-order chi connectivity index (χ0) is 18.5. The fraction of sp³-hybridized carbons (Fsp3) is 0.263. The fourth-order valence-corrected chi connectivity index (χ4v) is 5.51. The van der Waals surface area contributed by atoms with E-state index in [2.05, 4.69) is 0 Å². The minimum absolute atomic E-state index is 0.0674. The summed E-state index contributed by atoms with van der Waals surface area (Å²) in [5.41, 5.74) is 1.19. The van der Waals surface area contributed by atoms with Crippen LogP contribution in [0.3, 0.4) is 0 Å². The predicted molar refractivity (Wildman–Crippen MR) is 96.1 cm³/mol. The van der Waals surface area contributed by atoms with Gasteiger partial charge < -0.3 is 4.90 Å². The number of rotatable bonds is 2. The molecule has 0 N–H and O–H groups in total. The number of carbonyl (C=O) groups excluding carboxylic acids is 1. The maximum atomic E-state index is 13.0. The highest BCUT2D eigenvalue weighted by Gasteiger charge is 2.55. The van der Waals surface area contributed by atoms with Gasteiger partial charge in [0.25, 0.3) is 0 Å². The van der Waals surface area contributed by atoms with Crippen molar-refractivity contribution in [2.45, 2.75) is 16.7 Å². The van der Waals surface area contributed by atoms with E-state index < -0.39 is 15.4 Å². The number of carbonyl (C=O) groups is 1. The number of sulfonamides is 1. The van der Waals surface area contributed by atoms with E-state index in [-0.39, 0.29) is 23.9 Å². The van der Waals surface area contributed by atoms with Gasteiger partial charge in [-0.2, -0.15) is 9.57 Å². The van der Waals surface area contributed by atoms with Crippen LogP contribution in [-0.2, 0) is 20.2 Å². The topological polar surface area (TPSA) is 81.5 Å². The molecule has 2 aromatic rings. The summed E-state index contributed by atoms with van der Waals surface area (Å²) in [5.74, 6) is -0.0674. The molecule has 1 fully saturated rings. The van der Waals surface area contributed by atoms with E-state index in [0.717, 1.165) is 11.3 Å².